The van der Waals surface area contributed by atoms with Gasteiger partial charge in [0.25, 0.3) is 5.69 Å². The number of nitrogens with one attached hydrogen (secondary N) is 1. The van der Waals surface area contributed by atoms with Crippen molar-refractivity contribution < 1.29 is 24.8 Å². The fourth-order valence-electron chi connectivity index (χ4n) is 3.97. The number of hydrogen-bond donors (Lipinski definition) is 3. The van der Waals surface area contributed by atoms with Crippen LogP contribution in [-0.2, 0) is 10.2 Å². The molecule has 0 spiro atoms. The number of phenolic OH excluding ortho intramolecular Hbond substituents is 1. The van der Waals surface area contributed by atoms with E-state index in [-0.39, 0.29) is 29.3 Å². The van der Waals surface area contributed by atoms with Gasteiger partial charge in [0.15, 0.2) is 0 Å². The van der Waals surface area contributed by atoms with Crippen LogP contribution in [0.5, 0.6) is 5.75 Å². The van der Waals surface area contributed by atoms with Crippen molar-refractivity contribution in [3.8, 4) is 5.75 Å². The van der Waals surface area contributed by atoms with Crippen molar-refractivity contribution in [3.63, 3.8) is 0 Å². The van der Waals surface area contributed by atoms with E-state index in [0.717, 1.165) is 16.2 Å². The van der Waals surface area contributed by atoms with Gasteiger partial charge in [-0.15, -0.1) is 0 Å². The summed E-state index contributed by atoms with van der Waals surface area (Å²) < 4.78 is 0. The van der Waals surface area contributed by atoms with Gasteiger partial charge in [-0.25, -0.2) is 0 Å². The summed E-state index contributed by atoms with van der Waals surface area (Å²) in [5, 5.41) is 30.2. The van der Waals surface area contributed by atoms with Gasteiger partial charge in [0, 0.05) is 23.3 Å². The third kappa shape index (κ3) is 3.61. The van der Waals surface area contributed by atoms with Gasteiger partial charge in [0.2, 0.25) is 0 Å². The van der Waals surface area contributed by atoms with Crippen LogP contribution >= 0.6 is 0 Å². The number of phenols is 1. The van der Waals surface area contributed by atoms with E-state index in [4.69, 9.17) is 5.11 Å². The highest BCUT2D eigenvalue weighted by atomic mass is 16.6. The van der Waals surface area contributed by atoms with Gasteiger partial charge in [-0.1, -0.05) is 18.2 Å². The second-order valence-corrected chi connectivity index (χ2v) is 7.52. The van der Waals surface area contributed by atoms with Gasteiger partial charge < -0.3 is 10.2 Å². The highest BCUT2D eigenvalue weighted by Crippen LogP contribution is 2.37. The van der Waals surface area contributed by atoms with Crippen molar-refractivity contribution in [3.05, 3.63) is 69.8 Å². The van der Waals surface area contributed by atoms with Crippen LogP contribution in [0.15, 0.2) is 48.5 Å². The molecule has 0 fully saturated rings. The van der Waals surface area contributed by atoms with Crippen LogP contribution in [-0.4, -0.2) is 33.7 Å². The number of benzene rings is 2. The Balaban J connectivity index is 1.99. The lowest BCUT2D eigenvalue weighted by molar-refractivity contribution is -0.849. The van der Waals surface area contributed by atoms with E-state index in [0.29, 0.717) is 12.1 Å². The van der Waals surface area contributed by atoms with Crippen LogP contribution in [0.3, 0.4) is 0 Å². The Morgan fingerprint density at radius 3 is 2.68 bits per heavy atom. The largest absolute Gasteiger partial charge is 0.507 e. The van der Waals surface area contributed by atoms with E-state index in [2.05, 4.69) is 19.9 Å². The lowest BCUT2D eigenvalue weighted by Gasteiger charge is -2.27. The van der Waals surface area contributed by atoms with Gasteiger partial charge in [-0.2, -0.15) is 0 Å². The van der Waals surface area contributed by atoms with Gasteiger partial charge in [0.05, 0.1) is 23.3 Å². The van der Waals surface area contributed by atoms with E-state index in [1.165, 1.54) is 18.2 Å². The fourth-order valence-corrected chi connectivity index (χ4v) is 3.97. The summed E-state index contributed by atoms with van der Waals surface area (Å²) in [6.07, 6.45) is 3.63. The zero-order valence-electron chi connectivity index (χ0n) is 15.8. The number of para-hydroxylation sites is 1. The molecule has 2 aromatic rings. The van der Waals surface area contributed by atoms with Gasteiger partial charge in [0.1, 0.15) is 17.5 Å². The number of nitrogens with zero attached hydrogens (tertiary/aromatic N) is 1. The molecular weight excluding hydrogens is 360 g/mol. The SMILES string of the molecule is CC1(C)c2ccccc2[NH+](CCC(=O)O)C1/C=C/c1cc([N+](=O)[O-])ccc1O. The number of fused-ring (bicyclic) bond motifs is 1. The minimum absolute atomic E-state index is 0.0339. The lowest BCUT2D eigenvalue weighted by Crippen LogP contribution is -3.10. The number of quaternary nitrogens is 1. The number of carboxylic acids is 1. The Morgan fingerprint density at radius 1 is 1.29 bits per heavy atom. The number of non-ortho nitro benzene ring substituents is 1. The predicted octanol–water partition coefficient (Wildman–Crippen LogP) is 2.66. The number of nitro benzene ring substituents is 1. The van der Waals surface area contributed by atoms with E-state index in [1.54, 1.807) is 6.08 Å². The molecule has 146 valence electrons. The van der Waals surface area contributed by atoms with Gasteiger partial charge in [-0.05, 0) is 38.1 Å². The molecule has 28 heavy (non-hydrogen) atoms. The molecule has 0 radical (unpaired) electrons. The van der Waals surface area contributed by atoms with E-state index < -0.39 is 10.9 Å². The molecule has 2 atom stereocenters. The minimum atomic E-state index is -0.853. The molecule has 7 heteroatoms. The van der Waals surface area contributed by atoms with Crippen molar-refractivity contribution in [2.45, 2.75) is 31.7 Å². The quantitative estimate of drug-likeness (QED) is 0.525. The molecule has 3 rings (SSSR count). The number of rotatable bonds is 6. The van der Waals surface area contributed by atoms with Crippen molar-refractivity contribution >= 4 is 23.4 Å². The molecule has 7 nitrogen and oxygen atoms in total. The molecule has 0 amide bonds. The third-order valence-electron chi connectivity index (χ3n) is 5.42. The zero-order valence-corrected chi connectivity index (χ0v) is 15.8. The van der Waals surface area contributed by atoms with Crippen molar-refractivity contribution in [2.75, 3.05) is 6.54 Å². The Bertz CT molecular complexity index is 952. The molecule has 1 aliphatic heterocycles. The highest BCUT2D eigenvalue weighted by Gasteiger charge is 2.47. The van der Waals surface area contributed by atoms with Crippen molar-refractivity contribution in [1.82, 2.24) is 0 Å². The number of aromatic hydroxyl groups is 1. The van der Waals surface area contributed by atoms with Crippen molar-refractivity contribution in [1.29, 1.82) is 0 Å². The predicted molar refractivity (Wildman–Crippen MR) is 105 cm³/mol. The number of carboxylic acid groups (broad SMARTS) is 1. The first kappa shape index (κ1) is 19.6. The topological polar surface area (TPSA) is 105 Å². The summed E-state index contributed by atoms with van der Waals surface area (Å²) in [5.74, 6) is -0.893. The first-order chi connectivity index (χ1) is 13.2. The molecule has 1 aliphatic rings. The number of nitro groups is 1. The Kier molecular flexibility index (Phi) is 5.20. The maximum Gasteiger partial charge on any atom is 0.309 e. The summed E-state index contributed by atoms with van der Waals surface area (Å²) in [4.78, 5) is 22.7. The van der Waals surface area contributed by atoms with Crippen LogP contribution in [0.4, 0.5) is 11.4 Å². The smallest absolute Gasteiger partial charge is 0.309 e. The first-order valence-electron chi connectivity index (χ1n) is 9.05. The summed E-state index contributed by atoms with van der Waals surface area (Å²) in [6.45, 7) is 4.62. The van der Waals surface area contributed by atoms with Gasteiger partial charge in [-0.3, -0.25) is 19.8 Å². The normalized spacial score (nSPS) is 20.2. The Labute approximate surface area is 162 Å². The van der Waals surface area contributed by atoms with Crippen LogP contribution < -0.4 is 4.90 Å². The third-order valence-corrected chi connectivity index (χ3v) is 5.42. The molecule has 0 aliphatic carbocycles. The summed E-state index contributed by atoms with van der Waals surface area (Å²) >= 11 is 0. The monoisotopic (exact) mass is 383 g/mol. The summed E-state index contributed by atoms with van der Waals surface area (Å²) in [6, 6.07) is 11.8. The molecular formula is C21H23N2O5+. The van der Waals surface area contributed by atoms with Gasteiger partial charge >= 0.3 is 5.97 Å². The zero-order chi connectivity index (χ0) is 20.5. The van der Waals surface area contributed by atoms with Crippen molar-refractivity contribution in [2.24, 2.45) is 0 Å². The minimum Gasteiger partial charge on any atom is -0.507 e. The molecule has 0 aromatic heterocycles. The first-order valence-corrected chi connectivity index (χ1v) is 9.05. The van der Waals surface area contributed by atoms with Crippen LogP contribution in [0.1, 0.15) is 31.4 Å². The fraction of sp³-hybridized carbons (Fsp3) is 0.286. The average molecular weight is 383 g/mol. The average Bonchev–Trinajstić information content (AvgIpc) is 2.86. The van der Waals surface area contributed by atoms with E-state index in [9.17, 15) is 20.0 Å². The maximum absolute atomic E-state index is 11.1. The summed E-state index contributed by atoms with van der Waals surface area (Å²) in [7, 11) is 0. The van der Waals surface area contributed by atoms with E-state index >= 15 is 0 Å². The van der Waals surface area contributed by atoms with Crippen LogP contribution in [0, 0.1) is 10.1 Å². The standard InChI is InChI=1S/C21H22N2O5/c1-21(2)16-5-3-4-6-17(16)22(12-11-20(25)26)19(21)10-7-14-13-15(23(27)28)8-9-18(14)24/h3-10,13,19,24H,11-12H2,1-2H3,(H,25,26)/p+1/b10-7+. The number of carbonyl (C=O) groups is 1. The molecule has 0 saturated heterocycles. The Hall–Kier alpha value is -3.19. The van der Waals surface area contributed by atoms with Crippen LogP contribution in [0.25, 0.3) is 6.08 Å². The molecule has 2 unspecified atom stereocenters. The highest BCUT2D eigenvalue weighted by molar-refractivity contribution is 5.67. The number of hydrogen-bond acceptors (Lipinski definition) is 4. The Morgan fingerprint density at radius 2 is 2.00 bits per heavy atom. The molecule has 2 aromatic carbocycles. The molecule has 0 bridgehead atoms. The second-order valence-electron chi connectivity index (χ2n) is 7.52. The maximum atomic E-state index is 11.1. The summed E-state index contributed by atoms with van der Waals surface area (Å²) in [5.41, 5.74) is 2.21. The second kappa shape index (κ2) is 7.44. The van der Waals surface area contributed by atoms with E-state index in [1.807, 2.05) is 24.3 Å². The molecule has 0 saturated carbocycles. The lowest BCUT2D eigenvalue weighted by atomic mass is 9.80. The molecule has 1 heterocycles. The number of aliphatic carboxylic acids is 1. The molecule has 3 N–H and O–H groups in total. The van der Waals surface area contributed by atoms with Crippen LogP contribution in [0.2, 0.25) is 0 Å².